The summed E-state index contributed by atoms with van der Waals surface area (Å²) in [5.41, 5.74) is 3.93. The van der Waals surface area contributed by atoms with Crippen LogP contribution in [-0.2, 0) is 4.79 Å². The van der Waals surface area contributed by atoms with E-state index in [1.807, 2.05) is 0 Å². The van der Waals surface area contributed by atoms with E-state index in [0.29, 0.717) is 18.3 Å². The van der Waals surface area contributed by atoms with Crippen molar-refractivity contribution in [2.75, 3.05) is 0 Å². The van der Waals surface area contributed by atoms with Gasteiger partial charge in [-0.05, 0) is 25.2 Å². The molecule has 2 aliphatic carbocycles. The molecule has 0 aromatic heterocycles. The lowest BCUT2D eigenvalue weighted by molar-refractivity contribution is -0.121. The fourth-order valence-electron chi connectivity index (χ4n) is 3.27. The second kappa shape index (κ2) is 9.01. The number of fused-ring (bicyclic) bond motifs is 1. The summed E-state index contributed by atoms with van der Waals surface area (Å²) in [4.78, 5) is 11.7. The molecule has 0 bridgehead atoms. The molecule has 1 saturated carbocycles. The van der Waals surface area contributed by atoms with Gasteiger partial charge in [-0.15, -0.1) is 0 Å². The first kappa shape index (κ1) is 16.3. The van der Waals surface area contributed by atoms with Crippen molar-refractivity contribution in [3.05, 3.63) is 12.2 Å². The third kappa shape index (κ3) is 5.29. The Labute approximate surface area is 129 Å². The van der Waals surface area contributed by atoms with Crippen molar-refractivity contribution in [2.24, 2.45) is 16.9 Å². The Morgan fingerprint density at radius 3 is 2.62 bits per heavy atom. The molecule has 0 radical (unpaired) electrons. The predicted molar refractivity (Wildman–Crippen MR) is 88.2 cm³/mol. The van der Waals surface area contributed by atoms with E-state index in [1.165, 1.54) is 50.7 Å². The van der Waals surface area contributed by atoms with Crippen molar-refractivity contribution in [1.29, 1.82) is 0 Å². The number of nitrogens with one attached hydrogen (secondary N) is 1. The number of hydrazone groups is 1. The van der Waals surface area contributed by atoms with Crippen LogP contribution in [0.5, 0.6) is 0 Å². The van der Waals surface area contributed by atoms with Gasteiger partial charge in [0, 0.05) is 18.1 Å². The highest BCUT2D eigenvalue weighted by molar-refractivity contribution is 5.94. The van der Waals surface area contributed by atoms with E-state index in [0.717, 1.165) is 19.3 Å². The highest BCUT2D eigenvalue weighted by atomic mass is 16.2. The topological polar surface area (TPSA) is 41.5 Å². The van der Waals surface area contributed by atoms with Gasteiger partial charge in [0.2, 0.25) is 5.91 Å². The number of nitrogens with zero attached hydrogens (tertiary/aromatic N) is 1. The lowest BCUT2D eigenvalue weighted by atomic mass is 9.74. The van der Waals surface area contributed by atoms with E-state index in [-0.39, 0.29) is 5.91 Å². The first-order valence-electron chi connectivity index (χ1n) is 8.83. The zero-order chi connectivity index (χ0) is 14.9. The molecule has 0 spiro atoms. The van der Waals surface area contributed by atoms with Gasteiger partial charge >= 0.3 is 0 Å². The van der Waals surface area contributed by atoms with Crippen LogP contribution in [0.25, 0.3) is 0 Å². The molecule has 0 saturated heterocycles. The van der Waals surface area contributed by atoms with E-state index < -0.39 is 0 Å². The largest absolute Gasteiger partial charge is 0.273 e. The number of hydrogen-bond donors (Lipinski definition) is 1. The molecule has 3 heteroatoms. The highest BCUT2D eigenvalue weighted by Crippen LogP contribution is 2.40. The quantitative estimate of drug-likeness (QED) is 0.357. The molecule has 0 aromatic carbocycles. The molecule has 118 valence electrons. The molecule has 0 aromatic rings. The minimum atomic E-state index is 0.0860. The average Bonchev–Trinajstić information content (AvgIpc) is 2.83. The number of amides is 1. The van der Waals surface area contributed by atoms with Gasteiger partial charge in [-0.3, -0.25) is 4.79 Å². The Morgan fingerprint density at radius 2 is 1.90 bits per heavy atom. The Hall–Kier alpha value is -1.12. The lowest BCUT2D eigenvalue weighted by Gasteiger charge is -2.31. The second-order valence-electron chi connectivity index (χ2n) is 6.50. The highest BCUT2D eigenvalue weighted by Gasteiger charge is 2.37. The van der Waals surface area contributed by atoms with Gasteiger partial charge < -0.3 is 0 Å². The molecule has 3 nitrogen and oxygen atoms in total. The molecule has 2 aliphatic rings. The summed E-state index contributed by atoms with van der Waals surface area (Å²) in [6.45, 7) is 2.24. The Balaban J connectivity index is 1.44. The van der Waals surface area contributed by atoms with Crippen molar-refractivity contribution >= 4 is 11.6 Å². The molecule has 2 unspecified atom stereocenters. The molecule has 1 N–H and O–H groups in total. The average molecular weight is 290 g/mol. The Morgan fingerprint density at radius 1 is 1.19 bits per heavy atom. The van der Waals surface area contributed by atoms with Crippen molar-refractivity contribution in [3.8, 4) is 0 Å². The fourth-order valence-corrected chi connectivity index (χ4v) is 3.27. The normalized spacial score (nSPS) is 24.9. The number of unbranched alkanes of at least 4 members (excludes halogenated alkanes) is 7. The summed E-state index contributed by atoms with van der Waals surface area (Å²) in [5, 5.41) is 4.30. The summed E-state index contributed by atoms with van der Waals surface area (Å²) < 4.78 is 0. The molecule has 21 heavy (non-hydrogen) atoms. The van der Waals surface area contributed by atoms with E-state index in [9.17, 15) is 4.79 Å². The number of rotatable bonds is 10. The van der Waals surface area contributed by atoms with Crippen LogP contribution in [0.15, 0.2) is 17.3 Å². The summed E-state index contributed by atoms with van der Waals surface area (Å²) in [6, 6.07) is 0. The zero-order valence-corrected chi connectivity index (χ0v) is 13.4. The third-order valence-corrected chi connectivity index (χ3v) is 4.74. The third-order valence-electron chi connectivity index (χ3n) is 4.74. The van der Waals surface area contributed by atoms with Crippen molar-refractivity contribution in [3.63, 3.8) is 0 Å². The molecule has 1 fully saturated rings. The van der Waals surface area contributed by atoms with Crippen LogP contribution in [0.1, 0.15) is 77.6 Å². The number of carbonyl (C=O) groups excluding carboxylic acids is 1. The van der Waals surface area contributed by atoms with Crippen molar-refractivity contribution < 1.29 is 4.79 Å². The molecule has 1 amide bonds. The maximum Gasteiger partial charge on any atom is 0.240 e. The first-order chi connectivity index (χ1) is 10.3. The lowest BCUT2D eigenvalue weighted by Crippen LogP contribution is -2.35. The van der Waals surface area contributed by atoms with Gasteiger partial charge in [0.25, 0.3) is 0 Å². The van der Waals surface area contributed by atoms with Gasteiger partial charge in [0.15, 0.2) is 0 Å². The van der Waals surface area contributed by atoms with Crippen molar-refractivity contribution in [1.82, 2.24) is 5.43 Å². The minimum absolute atomic E-state index is 0.0860. The van der Waals surface area contributed by atoms with Crippen LogP contribution in [0.2, 0.25) is 0 Å². The maximum absolute atomic E-state index is 11.7. The molecule has 2 rings (SSSR count). The van der Waals surface area contributed by atoms with Gasteiger partial charge in [-0.2, -0.15) is 5.10 Å². The minimum Gasteiger partial charge on any atom is -0.273 e. The predicted octanol–water partition coefficient (Wildman–Crippen LogP) is 4.59. The standard InChI is InChI=1S/C18H30N2O/c1-2-3-4-5-6-7-8-9-13-18(21)20-19-17-14-15-11-10-12-16(15)17/h10-11,15-16H,2-9,12-14H2,1H3,(H,20,21)/b19-17-. The fraction of sp³-hybridized carbons (Fsp3) is 0.778. The summed E-state index contributed by atoms with van der Waals surface area (Å²) >= 11 is 0. The monoisotopic (exact) mass is 290 g/mol. The van der Waals surface area contributed by atoms with Crippen LogP contribution in [0.3, 0.4) is 0 Å². The molecular weight excluding hydrogens is 260 g/mol. The summed E-state index contributed by atoms with van der Waals surface area (Å²) in [7, 11) is 0. The number of carbonyl (C=O) groups is 1. The molecule has 0 heterocycles. The first-order valence-corrected chi connectivity index (χ1v) is 8.83. The number of allylic oxidation sites excluding steroid dienone is 2. The Kier molecular flexibility index (Phi) is 6.98. The molecule has 2 atom stereocenters. The van der Waals surface area contributed by atoms with Gasteiger partial charge in [-0.25, -0.2) is 5.43 Å². The van der Waals surface area contributed by atoms with Crippen LogP contribution in [0.4, 0.5) is 0 Å². The van der Waals surface area contributed by atoms with Gasteiger partial charge in [-0.1, -0.05) is 64.0 Å². The van der Waals surface area contributed by atoms with E-state index in [2.05, 4.69) is 29.6 Å². The summed E-state index contributed by atoms with van der Waals surface area (Å²) in [6.07, 6.45) is 17.4. The van der Waals surface area contributed by atoms with Crippen LogP contribution >= 0.6 is 0 Å². The summed E-state index contributed by atoms with van der Waals surface area (Å²) in [5.74, 6) is 1.38. The van der Waals surface area contributed by atoms with Crippen LogP contribution in [0, 0.1) is 11.8 Å². The molecular formula is C18H30N2O. The van der Waals surface area contributed by atoms with Gasteiger partial charge in [0.1, 0.15) is 0 Å². The smallest absolute Gasteiger partial charge is 0.240 e. The van der Waals surface area contributed by atoms with Crippen LogP contribution in [-0.4, -0.2) is 11.6 Å². The second-order valence-corrected chi connectivity index (χ2v) is 6.50. The number of hydrogen-bond acceptors (Lipinski definition) is 2. The van der Waals surface area contributed by atoms with Crippen LogP contribution < -0.4 is 5.43 Å². The maximum atomic E-state index is 11.7. The zero-order valence-electron chi connectivity index (χ0n) is 13.4. The van der Waals surface area contributed by atoms with Gasteiger partial charge in [0.05, 0.1) is 0 Å². The van der Waals surface area contributed by atoms with Crippen molar-refractivity contribution in [2.45, 2.75) is 77.6 Å². The van der Waals surface area contributed by atoms with E-state index >= 15 is 0 Å². The Bertz CT molecular complexity index is 387. The SMILES string of the molecule is CCCCCCCCCCC(=O)N/N=C1/CC2C=CCC12. The van der Waals surface area contributed by atoms with E-state index in [4.69, 9.17) is 0 Å². The molecule has 0 aliphatic heterocycles. The van der Waals surface area contributed by atoms with E-state index in [1.54, 1.807) is 0 Å².